The first-order valence-electron chi connectivity index (χ1n) is 13.2. The van der Waals surface area contributed by atoms with Gasteiger partial charge >= 0.3 is 0 Å². The van der Waals surface area contributed by atoms with Crippen LogP contribution < -0.4 is 0 Å². The van der Waals surface area contributed by atoms with E-state index in [9.17, 15) is 0 Å². The number of aromatic amines is 3. The summed E-state index contributed by atoms with van der Waals surface area (Å²) in [6.07, 6.45) is 6.08. The van der Waals surface area contributed by atoms with Crippen LogP contribution >= 0.6 is 0 Å². The van der Waals surface area contributed by atoms with E-state index >= 15 is 0 Å². The summed E-state index contributed by atoms with van der Waals surface area (Å²) in [6.45, 7) is 0. The predicted molar refractivity (Wildman–Crippen MR) is 162 cm³/mol. The Morgan fingerprint density at radius 2 is 0.564 bits per heavy atom. The largest absolute Gasteiger partial charge is 0.361 e. The molecule has 4 aromatic carbocycles. The average molecular weight is 502 g/mol. The highest BCUT2D eigenvalue weighted by Gasteiger charge is 2.17. The highest BCUT2D eigenvalue weighted by molar-refractivity contribution is 5.91. The molecule has 186 valence electrons. The van der Waals surface area contributed by atoms with E-state index in [-0.39, 0.29) is 0 Å². The van der Waals surface area contributed by atoms with Gasteiger partial charge in [-0.1, -0.05) is 91.0 Å². The molecule has 3 heterocycles. The molecule has 3 aromatic heterocycles. The maximum Gasteiger partial charge on any atom is 0.0534 e. The third kappa shape index (κ3) is 4.30. The van der Waals surface area contributed by atoms with Gasteiger partial charge in [-0.25, -0.2) is 0 Å². The first-order chi connectivity index (χ1) is 19.3. The second kappa shape index (κ2) is 9.88. The van der Waals surface area contributed by atoms with Crippen LogP contribution in [0.1, 0.15) is 0 Å². The minimum absolute atomic E-state index is 1.10. The molecule has 39 heavy (non-hydrogen) atoms. The molecular weight excluding hydrogens is 474 g/mol. The van der Waals surface area contributed by atoms with Gasteiger partial charge < -0.3 is 15.0 Å². The first kappa shape index (κ1) is 22.9. The van der Waals surface area contributed by atoms with E-state index in [1.807, 2.05) is 18.6 Å². The van der Waals surface area contributed by atoms with Crippen LogP contribution in [0.2, 0.25) is 0 Å². The van der Waals surface area contributed by atoms with Gasteiger partial charge in [0.25, 0.3) is 0 Å². The van der Waals surface area contributed by atoms with Crippen molar-refractivity contribution in [3.8, 4) is 67.2 Å². The Morgan fingerprint density at radius 1 is 0.282 bits per heavy atom. The van der Waals surface area contributed by atoms with Gasteiger partial charge in [-0.3, -0.25) is 0 Å². The molecule has 0 aliphatic rings. The number of H-pyrrole nitrogens is 3. The number of hydrogen-bond donors (Lipinski definition) is 3. The lowest BCUT2D eigenvalue weighted by Gasteiger charge is -2.13. The van der Waals surface area contributed by atoms with Gasteiger partial charge in [0.1, 0.15) is 0 Å². The van der Waals surface area contributed by atoms with Crippen molar-refractivity contribution in [1.82, 2.24) is 15.0 Å². The summed E-state index contributed by atoms with van der Waals surface area (Å²) in [4.78, 5) is 10.6. The molecule has 7 rings (SSSR count). The summed E-state index contributed by atoms with van der Waals surface area (Å²) in [5.41, 5.74) is 13.8. The lowest BCUT2D eigenvalue weighted by molar-refractivity contribution is 1.36. The van der Waals surface area contributed by atoms with Crippen molar-refractivity contribution in [2.75, 3.05) is 0 Å². The van der Waals surface area contributed by atoms with Gasteiger partial charge in [0.2, 0.25) is 0 Å². The summed E-state index contributed by atoms with van der Waals surface area (Å²) in [5.74, 6) is 0. The fourth-order valence-electron chi connectivity index (χ4n) is 5.46. The van der Waals surface area contributed by atoms with Crippen molar-refractivity contribution in [2.24, 2.45) is 0 Å². The summed E-state index contributed by atoms with van der Waals surface area (Å²) in [5, 5.41) is 0. The molecule has 3 nitrogen and oxygen atoms in total. The van der Waals surface area contributed by atoms with Crippen LogP contribution in [0.3, 0.4) is 0 Å². The highest BCUT2D eigenvalue weighted by Crippen LogP contribution is 2.40. The smallest absolute Gasteiger partial charge is 0.0534 e. The molecule has 0 fully saturated rings. The normalized spacial score (nSPS) is 11.1. The van der Waals surface area contributed by atoms with Gasteiger partial charge in [0.15, 0.2) is 0 Å². The Bertz CT molecular complexity index is 1610. The standard InChI is InChI=1S/C36H27N3/c1-4-10-25(11-5-1)31-16-19-37-34(31)28-22-29(35-32(17-20-38-35)26-12-6-2-7-13-26)24-30(23-28)36-33(18-21-39-36)27-14-8-3-9-15-27/h1-24,37-39H. The zero-order valence-corrected chi connectivity index (χ0v) is 21.4. The summed E-state index contributed by atoms with van der Waals surface area (Å²) < 4.78 is 0. The number of rotatable bonds is 6. The van der Waals surface area contributed by atoms with Crippen LogP contribution in [0.5, 0.6) is 0 Å². The fourth-order valence-corrected chi connectivity index (χ4v) is 5.46. The quantitative estimate of drug-likeness (QED) is 0.203. The second-order valence-corrected chi connectivity index (χ2v) is 9.70. The molecule has 0 unspecified atom stereocenters. The van der Waals surface area contributed by atoms with Crippen molar-refractivity contribution in [1.29, 1.82) is 0 Å². The van der Waals surface area contributed by atoms with Crippen LogP contribution in [-0.2, 0) is 0 Å². The van der Waals surface area contributed by atoms with E-state index in [1.165, 1.54) is 33.4 Å². The predicted octanol–water partition coefficient (Wildman–Crippen LogP) is 9.67. The minimum Gasteiger partial charge on any atom is -0.361 e. The molecule has 3 N–H and O–H groups in total. The van der Waals surface area contributed by atoms with E-state index in [2.05, 4.69) is 142 Å². The third-order valence-electron chi connectivity index (χ3n) is 7.29. The Morgan fingerprint density at radius 3 is 0.846 bits per heavy atom. The zero-order valence-electron chi connectivity index (χ0n) is 21.4. The minimum atomic E-state index is 1.10. The second-order valence-electron chi connectivity index (χ2n) is 9.70. The van der Waals surface area contributed by atoms with Gasteiger partial charge in [0, 0.05) is 35.3 Å². The number of hydrogen-bond acceptors (Lipinski definition) is 0. The topological polar surface area (TPSA) is 47.4 Å². The molecule has 0 aliphatic heterocycles. The maximum absolute atomic E-state index is 3.54. The SMILES string of the molecule is c1ccc(-c2cc[nH]c2-c2cc(-c3[nH]ccc3-c3ccccc3)cc(-c3[nH]ccc3-c3ccccc3)c2)cc1. The Kier molecular flexibility index (Phi) is 5.80. The summed E-state index contributed by atoms with van der Waals surface area (Å²) in [7, 11) is 0. The van der Waals surface area contributed by atoms with Crippen LogP contribution in [0, 0.1) is 0 Å². The van der Waals surface area contributed by atoms with Crippen LogP contribution in [0.4, 0.5) is 0 Å². The zero-order chi connectivity index (χ0) is 26.0. The molecule has 0 radical (unpaired) electrons. The fraction of sp³-hybridized carbons (Fsp3) is 0. The summed E-state index contributed by atoms with van der Waals surface area (Å²) >= 11 is 0. The van der Waals surface area contributed by atoms with Crippen molar-refractivity contribution < 1.29 is 0 Å². The Balaban J connectivity index is 1.44. The lowest BCUT2D eigenvalue weighted by atomic mass is 9.93. The van der Waals surface area contributed by atoms with E-state index in [4.69, 9.17) is 0 Å². The number of aromatic nitrogens is 3. The Hall–Kier alpha value is -5.28. The van der Waals surface area contributed by atoms with Gasteiger partial charge in [0.05, 0.1) is 17.1 Å². The van der Waals surface area contributed by atoms with Crippen LogP contribution in [0.25, 0.3) is 67.2 Å². The highest BCUT2D eigenvalue weighted by atomic mass is 14.7. The molecule has 0 saturated carbocycles. The maximum atomic E-state index is 3.54. The van der Waals surface area contributed by atoms with Gasteiger partial charge in [-0.15, -0.1) is 0 Å². The first-order valence-corrected chi connectivity index (χ1v) is 13.2. The molecule has 0 atom stereocenters. The van der Waals surface area contributed by atoms with Gasteiger partial charge in [-0.05, 0) is 69.8 Å². The molecule has 0 saturated heterocycles. The average Bonchev–Trinajstić information content (AvgIpc) is 3.79. The molecular formula is C36H27N3. The number of benzene rings is 4. The van der Waals surface area contributed by atoms with E-state index in [1.54, 1.807) is 0 Å². The molecule has 3 heteroatoms. The van der Waals surface area contributed by atoms with Crippen molar-refractivity contribution >= 4 is 0 Å². The van der Waals surface area contributed by atoms with Crippen molar-refractivity contribution in [3.05, 3.63) is 146 Å². The molecule has 0 spiro atoms. The Labute approximate surface area is 227 Å². The van der Waals surface area contributed by atoms with E-state index in [0.717, 1.165) is 33.8 Å². The number of nitrogens with one attached hydrogen (secondary N) is 3. The van der Waals surface area contributed by atoms with E-state index in [0.29, 0.717) is 0 Å². The van der Waals surface area contributed by atoms with Gasteiger partial charge in [-0.2, -0.15) is 0 Å². The third-order valence-corrected chi connectivity index (χ3v) is 7.29. The summed E-state index contributed by atoms with van der Waals surface area (Å²) in [6, 6.07) is 45.0. The van der Waals surface area contributed by atoms with E-state index < -0.39 is 0 Å². The lowest BCUT2D eigenvalue weighted by Crippen LogP contribution is -1.91. The van der Waals surface area contributed by atoms with Crippen LogP contribution in [-0.4, -0.2) is 15.0 Å². The molecule has 0 bridgehead atoms. The van der Waals surface area contributed by atoms with Crippen molar-refractivity contribution in [2.45, 2.75) is 0 Å². The molecule has 0 amide bonds. The molecule has 0 aliphatic carbocycles. The monoisotopic (exact) mass is 501 g/mol. The van der Waals surface area contributed by atoms with Crippen molar-refractivity contribution in [3.63, 3.8) is 0 Å². The molecule has 7 aromatic rings. The van der Waals surface area contributed by atoms with Crippen LogP contribution in [0.15, 0.2) is 146 Å².